The van der Waals surface area contributed by atoms with Gasteiger partial charge >= 0.3 is 18.1 Å². The van der Waals surface area contributed by atoms with Crippen LogP contribution in [0.3, 0.4) is 0 Å². The molecule has 1 saturated heterocycles. The Balaban J connectivity index is 0.000000246. The lowest BCUT2D eigenvalue weighted by Crippen LogP contribution is -2.53. The van der Waals surface area contributed by atoms with Gasteiger partial charge in [0.2, 0.25) is 5.91 Å². The number of amides is 1. The average molecular weight is 313 g/mol. The molecule has 0 aromatic heterocycles. The molecule has 1 atom stereocenters. The Bertz CT molecular complexity index is 488. The van der Waals surface area contributed by atoms with Crippen molar-refractivity contribution in [3.8, 4) is 0 Å². The zero-order valence-electron chi connectivity index (χ0n) is 10.1. The van der Waals surface area contributed by atoms with Crippen LogP contribution in [-0.4, -0.2) is 50.3 Å². The number of carboxylic acid groups (broad SMARTS) is 2. The maximum absolute atomic E-state index is 11.1. The van der Waals surface area contributed by atoms with Crippen molar-refractivity contribution in [1.82, 2.24) is 4.90 Å². The molecule has 1 amide bonds. The van der Waals surface area contributed by atoms with Crippen LogP contribution >= 0.6 is 11.8 Å². The van der Waals surface area contributed by atoms with Crippen LogP contribution in [0, 0.1) is 0 Å². The van der Waals surface area contributed by atoms with Crippen molar-refractivity contribution in [2.45, 2.75) is 24.9 Å². The molecule has 2 aliphatic rings. The van der Waals surface area contributed by atoms with E-state index in [-0.39, 0.29) is 17.0 Å². The molecule has 0 radical (unpaired) electrons. The lowest BCUT2D eigenvalue weighted by molar-refractivity contribution is -0.192. The van der Waals surface area contributed by atoms with Crippen LogP contribution < -0.4 is 0 Å². The molecule has 0 aromatic carbocycles. The van der Waals surface area contributed by atoms with E-state index in [1.54, 1.807) is 18.7 Å². The molecule has 0 aromatic rings. The summed E-state index contributed by atoms with van der Waals surface area (Å²) < 4.78 is 31.7. The number of β-lactam (4-membered cyclic amide) rings is 1. The first kappa shape index (κ1) is 16.3. The number of carbonyl (C=O) groups excluding carboxylic acids is 1. The molecule has 2 rings (SSSR count). The Hall–Kier alpha value is -1.71. The summed E-state index contributed by atoms with van der Waals surface area (Å²) in [5.74, 6) is -3.10. The summed E-state index contributed by atoms with van der Waals surface area (Å²) >= 11 is 1.63. The fourth-order valence-electron chi connectivity index (χ4n) is 1.57. The van der Waals surface area contributed by atoms with Crippen molar-refractivity contribution in [3.63, 3.8) is 0 Å². The molecule has 1 unspecified atom stereocenters. The number of alkyl halides is 3. The molecule has 10 heteroatoms. The van der Waals surface area contributed by atoms with Crippen molar-refractivity contribution in [2.24, 2.45) is 0 Å². The van der Waals surface area contributed by atoms with Crippen LogP contribution in [-0.2, 0) is 14.4 Å². The Labute approximate surface area is 115 Å². The van der Waals surface area contributed by atoms with Gasteiger partial charge in [-0.15, -0.1) is 11.8 Å². The van der Waals surface area contributed by atoms with Crippen LogP contribution in [0.5, 0.6) is 0 Å². The van der Waals surface area contributed by atoms with Crippen molar-refractivity contribution in [3.05, 3.63) is 11.3 Å². The highest BCUT2D eigenvalue weighted by molar-refractivity contribution is 8.00. The summed E-state index contributed by atoms with van der Waals surface area (Å²) in [7, 11) is 0. The van der Waals surface area contributed by atoms with Gasteiger partial charge in [0.15, 0.2) is 0 Å². The van der Waals surface area contributed by atoms with Crippen molar-refractivity contribution in [2.75, 3.05) is 5.75 Å². The van der Waals surface area contributed by atoms with E-state index >= 15 is 0 Å². The summed E-state index contributed by atoms with van der Waals surface area (Å²) in [6.07, 6.45) is -4.60. The van der Waals surface area contributed by atoms with Crippen LogP contribution in [0.4, 0.5) is 13.2 Å². The van der Waals surface area contributed by atoms with E-state index in [0.717, 1.165) is 11.3 Å². The van der Waals surface area contributed by atoms with E-state index < -0.39 is 18.1 Å². The lowest BCUT2D eigenvalue weighted by atomic mass is 10.1. The molecule has 20 heavy (non-hydrogen) atoms. The fourth-order valence-corrected chi connectivity index (χ4v) is 2.78. The summed E-state index contributed by atoms with van der Waals surface area (Å²) in [6.45, 7) is 1.76. The molecule has 1 fully saturated rings. The quantitative estimate of drug-likeness (QED) is 0.708. The van der Waals surface area contributed by atoms with Gasteiger partial charge in [0.25, 0.3) is 0 Å². The number of carboxylic acids is 2. The number of carbonyl (C=O) groups is 3. The third kappa shape index (κ3) is 3.44. The van der Waals surface area contributed by atoms with Crippen molar-refractivity contribution < 1.29 is 37.8 Å². The van der Waals surface area contributed by atoms with Crippen molar-refractivity contribution in [1.29, 1.82) is 0 Å². The van der Waals surface area contributed by atoms with E-state index in [2.05, 4.69) is 0 Å². The van der Waals surface area contributed by atoms with E-state index in [9.17, 15) is 22.8 Å². The summed E-state index contributed by atoms with van der Waals surface area (Å²) in [5, 5.41) is 16.1. The number of hydrogen-bond donors (Lipinski definition) is 2. The number of halogens is 3. The minimum Gasteiger partial charge on any atom is -0.477 e. The van der Waals surface area contributed by atoms with Gasteiger partial charge in [0.05, 0.1) is 11.8 Å². The van der Waals surface area contributed by atoms with Crippen LogP contribution in [0.15, 0.2) is 11.3 Å². The SMILES string of the molecule is CC1=C(C(=O)O)N2C(=O)CC2SC1.O=C(O)C(F)(F)F. The van der Waals surface area contributed by atoms with Crippen LogP contribution in [0.1, 0.15) is 13.3 Å². The van der Waals surface area contributed by atoms with E-state index in [4.69, 9.17) is 15.0 Å². The topological polar surface area (TPSA) is 94.9 Å². The molecule has 0 aliphatic carbocycles. The first-order valence-corrected chi connectivity index (χ1v) is 6.27. The Morgan fingerprint density at radius 2 is 1.85 bits per heavy atom. The van der Waals surface area contributed by atoms with Crippen molar-refractivity contribution >= 4 is 29.6 Å². The number of rotatable bonds is 1. The normalized spacial score (nSPS) is 21.5. The highest BCUT2D eigenvalue weighted by Gasteiger charge is 2.44. The summed E-state index contributed by atoms with van der Waals surface area (Å²) in [4.78, 5) is 32.3. The minimum atomic E-state index is -5.08. The maximum Gasteiger partial charge on any atom is 0.490 e. The standard InChI is InChI=1S/C8H9NO3S.C2HF3O2/c1-4-3-13-6-2-5(10)9(6)7(4)8(11)12;3-2(4,5)1(6)7/h6H,2-3H2,1H3,(H,11,12);(H,6,7). The Kier molecular flexibility index (Phi) is 4.69. The first-order valence-electron chi connectivity index (χ1n) is 5.22. The van der Waals surface area contributed by atoms with Crippen LogP contribution in [0.25, 0.3) is 0 Å². The molecule has 6 nitrogen and oxygen atoms in total. The molecular formula is C10H10F3NO5S. The summed E-state index contributed by atoms with van der Waals surface area (Å²) in [5.41, 5.74) is 0.974. The number of thioether (sulfide) groups is 1. The molecule has 0 saturated carbocycles. The molecule has 0 bridgehead atoms. The van der Waals surface area contributed by atoms with Gasteiger partial charge < -0.3 is 10.2 Å². The molecule has 0 spiro atoms. The van der Waals surface area contributed by atoms with Gasteiger partial charge in [-0.25, -0.2) is 9.59 Å². The zero-order chi connectivity index (χ0) is 15.7. The van der Waals surface area contributed by atoms with Gasteiger partial charge in [0.1, 0.15) is 5.70 Å². The molecule has 2 N–H and O–H groups in total. The highest BCUT2D eigenvalue weighted by atomic mass is 32.2. The van der Waals surface area contributed by atoms with E-state index in [1.807, 2.05) is 0 Å². The second kappa shape index (κ2) is 5.73. The molecule has 2 aliphatic heterocycles. The third-order valence-electron chi connectivity index (χ3n) is 2.49. The largest absolute Gasteiger partial charge is 0.490 e. The number of hydrogen-bond acceptors (Lipinski definition) is 4. The summed E-state index contributed by atoms with van der Waals surface area (Å²) in [6, 6.07) is 0. The van der Waals surface area contributed by atoms with E-state index in [0.29, 0.717) is 6.42 Å². The molecule has 112 valence electrons. The van der Waals surface area contributed by atoms with Crippen LogP contribution in [0.2, 0.25) is 0 Å². The van der Waals surface area contributed by atoms with Gasteiger partial charge in [0, 0.05) is 5.75 Å². The Morgan fingerprint density at radius 3 is 2.15 bits per heavy atom. The number of fused-ring (bicyclic) bond motifs is 1. The second-order valence-corrected chi connectivity index (χ2v) is 5.14. The smallest absolute Gasteiger partial charge is 0.477 e. The second-order valence-electron chi connectivity index (χ2n) is 3.97. The molecular weight excluding hydrogens is 303 g/mol. The minimum absolute atomic E-state index is 0.0716. The van der Waals surface area contributed by atoms with Gasteiger partial charge in [-0.05, 0) is 12.5 Å². The lowest BCUT2D eigenvalue weighted by Gasteiger charge is -2.43. The predicted molar refractivity (Wildman–Crippen MR) is 61.7 cm³/mol. The maximum atomic E-state index is 11.1. The van der Waals surface area contributed by atoms with Gasteiger partial charge in [-0.2, -0.15) is 13.2 Å². The molecule has 2 heterocycles. The zero-order valence-corrected chi connectivity index (χ0v) is 10.9. The number of aliphatic carboxylic acids is 2. The predicted octanol–water partition coefficient (Wildman–Crippen LogP) is 1.28. The van der Waals surface area contributed by atoms with Gasteiger partial charge in [-0.1, -0.05) is 0 Å². The monoisotopic (exact) mass is 313 g/mol. The first-order chi connectivity index (χ1) is 9.05. The van der Waals surface area contributed by atoms with Gasteiger partial charge in [-0.3, -0.25) is 9.69 Å². The Morgan fingerprint density at radius 1 is 1.35 bits per heavy atom. The average Bonchev–Trinajstić information content (AvgIpc) is 2.29. The fraction of sp³-hybridized carbons (Fsp3) is 0.500. The number of nitrogens with zero attached hydrogens (tertiary/aromatic N) is 1. The van der Waals surface area contributed by atoms with E-state index in [1.165, 1.54) is 4.90 Å². The third-order valence-corrected chi connectivity index (χ3v) is 3.85. The highest BCUT2D eigenvalue weighted by Crippen LogP contribution is 2.39.